The third-order valence-corrected chi connectivity index (χ3v) is 6.28. The fraction of sp³-hybridized carbons (Fsp3) is 0.250. The molecule has 0 fully saturated rings. The van der Waals surface area contributed by atoms with Crippen LogP contribution in [0.5, 0.6) is 0 Å². The highest BCUT2D eigenvalue weighted by molar-refractivity contribution is 8.14. The molecule has 0 saturated carbocycles. The van der Waals surface area contributed by atoms with Crippen molar-refractivity contribution in [3.63, 3.8) is 0 Å². The first kappa shape index (κ1) is 17.4. The largest absolute Gasteiger partial charge is 0.280 e. The predicted octanol–water partition coefficient (Wildman–Crippen LogP) is 6.31. The van der Waals surface area contributed by atoms with E-state index in [-0.39, 0.29) is 5.12 Å². The molecule has 0 amide bonds. The van der Waals surface area contributed by atoms with Crippen LogP contribution in [0.15, 0.2) is 50.5 Å². The van der Waals surface area contributed by atoms with Crippen molar-refractivity contribution < 1.29 is 4.79 Å². The van der Waals surface area contributed by atoms with Crippen molar-refractivity contribution in [3.8, 4) is 0 Å². The van der Waals surface area contributed by atoms with Crippen LogP contribution in [0.1, 0.15) is 29.4 Å². The Morgan fingerprint density at radius 2 is 2.05 bits per heavy atom. The molecule has 0 atom stereocenters. The maximum absolute atomic E-state index is 12.3. The Balaban J connectivity index is 1.95. The van der Waals surface area contributed by atoms with Crippen molar-refractivity contribution in [2.24, 2.45) is 4.99 Å². The number of unbranched alkanes of at least 4 members (excludes halogenated alkanes) is 1. The number of hydrogen-bond donors (Lipinski definition) is 0. The van der Waals surface area contributed by atoms with Crippen LogP contribution >= 0.6 is 47.1 Å². The molecule has 2 rings (SSSR count). The highest BCUT2D eigenvalue weighted by atomic mass is 32.2. The molecule has 22 heavy (non-hydrogen) atoms. The Morgan fingerprint density at radius 1 is 1.27 bits per heavy atom. The number of thiophene rings is 1. The van der Waals surface area contributed by atoms with E-state index in [2.05, 4.69) is 29.3 Å². The number of aliphatic imine (C=N–C) groups is 1. The second kappa shape index (κ2) is 9.28. The van der Waals surface area contributed by atoms with Gasteiger partial charge in [0.05, 0.1) is 19.9 Å². The fourth-order valence-electron chi connectivity index (χ4n) is 1.62. The van der Waals surface area contributed by atoms with E-state index >= 15 is 0 Å². The molecule has 0 aliphatic heterocycles. The maximum atomic E-state index is 12.3. The lowest BCUT2D eigenvalue weighted by molar-refractivity contribution is 0.109. The SMILES string of the molecule is CCCCSc1ccc(C(=O)Sc2ccc(N=C=S)cc2)s1. The van der Waals surface area contributed by atoms with Gasteiger partial charge in [-0.1, -0.05) is 13.3 Å². The van der Waals surface area contributed by atoms with Gasteiger partial charge in [-0.3, -0.25) is 4.79 Å². The first-order chi connectivity index (χ1) is 10.7. The molecule has 1 aromatic carbocycles. The van der Waals surface area contributed by atoms with E-state index in [1.165, 1.54) is 28.8 Å². The number of carbonyl (C=O) groups excluding carboxylic acids is 1. The molecule has 114 valence electrons. The Morgan fingerprint density at radius 3 is 2.73 bits per heavy atom. The Labute approximate surface area is 148 Å². The van der Waals surface area contributed by atoms with Crippen LogP contribution in [0, 0.1) is 0 Å². The van der Waals surface area contributed by atoms with Crippen molar-refractivity contribution in [1.82, 2.24) is 0 Å². The summed E-state index contributed by atoms with van der Waals surface area (Å²) < 4.78 is 1.21. The average molecular weight is 366 g/mol. The summed E-state index contributed by atoms with van der Waals surface area (Å²) in [6, 6.07) is 11.4. The molecular weight excluding hydrogens is 350 g/mol. The molecule has 2 nitrogen and oxygen atoms in total. The molecule has 1 heterocycles. The molecule has 1 aromatic heterocycles. The van der Waals surface area contributed by atoms with E-state index in [9.17, 15) is 4.79 Å². The van der Waals surface area contributed by atoms with Crippen molar-refractivity contribution in [2.75, 3.05) is 5.75 Å². The van der Waals surface area contributed by atoms with E-state index in [4.69, 9.17) is 0 Å². The lowest BCUT2D eigenvalue weighted by Gasteiger charge is -1.99. The predicted molar refractivity (Wildman–Crippen MR) is 101 cm³/mol. The number of benzene rings is 1. The summed E-state index contributed by atoms with van der Waals surface area (Å²) in [6.45, 7) is 2.18. The summed E-state index contributed by atoms with van der Waals surface area (Å²) in [5.74, 6) is 1.11. The standard InChI is InChI=1S/C16H15NOS4/c1-2-3-10-20-15-9-8-14(22-15)16(18)21-13-6-4-12(5-7-13)17-11-19/h4-9H,2-3,10H2,1H3. The van der Waals surface area contributed by atoms with Crippen molar-refractivity contribution in [2.45, 2.75) is 28.9 Å². The lowest BCUT2D eigenvalue weighted by Crippen LogP contribution is -1.87. The first-order valence-electron chi connectivity index (χ1n) is 6.85. The van der Waals surface area contributed by atoms with Gasteiger partial charge in [-0.2, -0.15) is 4.99 Å². The molecule has 0 N–H and O–H groups in total. The van der Waals surface area contributed by atoms with Crippen LogP contribution in [0.25, 0.3) is 0 Å². The number of hydrogen-bond acceptors (Lipinski definition) is 6. The van der Waals surface area contributed by atoms with E-state index in [0.29, 0.717) is 0 Å². The summed E-state index contributed by atoms with van der Waals surface area (Å²) in [7, 11) is 0. The third-order valence-electron chi connectivity index (χ3n) is 2.75. The van der Waals surface area contributed by atoms with Gasteiger partial charge in [-0.05, 0) is 72.6 Å². The molecule has 0 aliphatic carbocycles. The molecular formula is C16H15NOS4. The van der Waals surface area contributed by atoms with Crippen LogP contribution in [0.3, 0.4) is 0 Å². The van der Waals surface area contributed by atoms with E-state index < -0.39 is 0 Å². The number of nitrogens with zero attached hydrogens (tertiary/aromatic N) is 1. The molecule has 0 radical (unpaired) electrons. The number of carbonyl (C=O) groups is 1. The highest BCUT2D eigenvalue weighted by Gasteiger charge is 2.11. The Hall–Kier alpha value is -0.910. The van der Waals surface area contributed by atoms with Gasteiger partial charge < -0.3 is 0 Å². The third kappa shape index (κ3) is 5.38. The van der Waals surface area contributed by atoms with Gasteiger partial charge in [-0.15, -0.1) is 23.1 Å². The number of rotatable bonds is 7. The van der Waals surface area contributed by atoms with Crippen LogP contribution in [-0.2, 0) is 0 Å². The van der Waals surface area contributed by atoms with E-state index in [1.807, 2.05) is 48.2 Å². The topological polar surface area (TPSA) is 29.4 Å². The second-order valence-corrected chi connectivity index (χ2v) is 8.12. The number of thioether (sulfide) groups is 2. The van der Waals surface area contributed by atoms with Gasteiger partial charge in [0.25, 0.3) is 0 Å². The summed E-state index contributed by atoms with van der Waals surface area (Å²) in [6.07, 6.45) is 2.40. The monoisotopic (exact) mass is 365 g/mol. The zero-order chi connectivity index (χ0) is 15.8. The molecule has 0 spiro atoms. The van der Waals surface area contributed by atoms with Crippen LogP contribution in [0.4, 0.5) is 5.69 Å². The van der Waals surface area contributed by atoms with Gasteiger partial charge in [0, 0.05) is 4.90 Å². The normalized spacial score (nSPS) is 10.2. The molecule has 2 aromatic rings. The quantitative estimate of drug-likeness (QED) is 0.249. The highest BCUT2D eigenvalue weighted by Crippen LogP contribution is 2.32. The average Bonchev–Trinajstić information content (AvgIpc) is 2.99. The summed E-state index contributed by atoms with van der Waals surface area (Å²) in [5, 5.41) is 2.41. The number of isothiocyanates is 1. The molecule has 6 heteroatoms. The first-order valence-corrected chi connectivity index (χ1v) is 9.88. The minimum Gasteiger partial charge on any atom is -0.280 e. The fourth-order valence-corrected chi connectivity index (χ4v) is 4.76. The summed E-state index contributed by atoms with van der Waals surface area (Å²) >= 11 is 9.20. The van der Waals surface area contributed by atoms with Gasteiger partial charge >= 0.3 is 0 Å². The minimum atomic E-state index is 0.0819. The second-order valence-electron chi connectivity index (χ2n) is 4.41. The van der Waals surface area contributed by atoms with Crippen LogP contribution < -0.4 is 0 Å². The smallest absolute Gasteiger partial charge is 0.234 e. The molecule has 0 aliphatic rings. The van der Waals surface area contributed by atoms with Crippen LogP contribution in [-0.4, -0.2) is 16.0 Å². The minimum absolute atomic E-state index is 0.0819. The van der Waals surface area contributed by atoms with E-state index in [0.717, 1.165) is 21.2 Å². The maximum Gasteiger partial charge on any atom is 0.234 e. The zero-order valence-electron chi connectivity index (χ0n) is 12.1. The summed E-state index contributed by atoms with van der Waals surface area (Å²) in [5.41, 5.74) is 0.748. The zero-order valence-corrected chi connectivity index (χ0v) is 15.3. The van der Waals surface area contributed by atoms with Crippen molar-refractivity contribution in [1.29, 1.82) is 0 Å². The van der Waals surface area contributed by atoms with Gasteiger partial charge in [0.15, 0.2) is 0 Å². The van der Waals surface area contributed by atoms with Gasteiger partial charge in [0.1, 0.15) is 0 Å². The van der Waals surface area contributed by atoms with Gasteiger partial charge in [0.2, 0.25) is 5.12 Å². The van der Waals surface area contributed by atoms with Crippen molar-refractivity contribution >= 4 is 63.0 Å². The number of thiocarbonyl (C=S) groups is 1. The Kier molecular flexibility index (Phi) is 7.36. The summed E-state index contributed by atoms with van der Waals surface area (Å²) in [4.78, 5) is 17.9. The van der Waals surface area contributed by atoms with Crippen LogP contribution in [0.2, 0.25) is 0 Å². The lowest BCUT2D eigenvalue weighted by atomic mass is 10.3. The molecule has 0 unspecified atom stereocenters. The molecule has 0 bridgehead atoms. The van der Waals surface area contributed by atoms with E-state index in [1.54, 1.807) is 11.3 Å². The Bertz CT molecular complexity index is 672. The van der Waals surface area contributed by atoms with Gasteiger partial charge in [-0.25, -0.2) is 0 Å². The van der Waals surface area contributed by atoms with Crippen molar-refractivity contribution in [3.05, 3.63) is 41.3 Å². The molecule has 0 saturated heterocycles.